The van der Waals surface area contributed by atoms with Crippen LogP contribution in [0.2, 0.25) is 0 Å². The van der Waals surface area contributed by atoms with Gasteiger partial charge < -0.3 is 4.90 Å². The van der Waals surface area contributed by atoms with Crippen molar-refractivity contribution in [1.29, 1.82) is 0 Å². The van der Waals surface area contributed by atoms with Crippen LogP contribution in [0.3, 0.4) is 0 Å². The number of pyridine rings is 1. The quantitative estimate of drug-likeness (QED) is 0.353. The van der Waals surface area contributed by atoms with Crippen molar-refractivity contribution >= 4 is 29.3 Å². The third-order valence-electron chi connectivity index (χ3n) is 5.25. The number of aromatic nitrogens is 1. The highest BCUT2D eigenvalue weighted by molar-refractivity contribution is 8.00. The molecule has 2 heterocycles. The number of anilines is 1. The largest absolute Gasteiger partial charge is 0.446 e. The van der Waals surface area contributed by atoms with Gasteiger partial charge >= 0.3 is 17.7 Å². The van der Waals surface area contributed by atoms with Gasteiger partial charge in [0, 0.05) is 17.9 Å². The molecule has 0 N–H and O–H groups in total. The summed E-state index contributed by atoms with van der Waals surface area (Å²) in [4.78, 5) is 31.7. The molecule has 1 aliphatic rings. The van der Waals surface area contributed by atoms with Crippen molar-refractivity contribution in [2.75, 3.05) is 18.0 Å². The van der Waals surface area contributed by atoms with Gasteiger partial charge in [0.2, 0.25) is 0 Å². The van der Waals surface area contributed by atoms with Crippen LogP contribution in [0.15, 0.2) is 47.5 Å². The fourth-order valence-corrected chi connectivity index (χ4v) is 4.30. The Hall–Kier alpha value is -2.76. The highest BCUT2D eigenvalue weighted by Crippen LogP contribution is 2.37. The van der Waals surface area contributed by atoms with Gasteiger partial charge in [0.05, 0.1) is 24.5 Å². The second-order valence-corrected chi connectivity index (χ2v) is 9.28. The van der Waals surface area contributed by atoms with Crippen molar-refractivity contribution < 1.29 is 35.9 Å². The molecule has 3 rings (SSSR count). The predicted molar refractivity (Wildman–Crippen MR) is 114 cm³/mol. The molecule has 0 spiro atoms. The molecule has 12 heteroatoms. The third-order valence-corrected chi connectivity index (χ3v) is 5.97. The van der Waals surface area contributed by atoms with Gasteiger partial charge in [0.1, 0.15) is 5.69 Å². The number of carbonyl (C=O) groups excluding carboxylic acids is 2. The molecule has 1 saturated heterocycles. The summed E-state index contributed by atoms with van der Waals surface area (Å²) in [5, 5.41) is 0. The van der Waals surface area contributed by atoms with Crippen LogP contribution in [0, 0.1) is 5.92 Å². The number of urea groups is 1. The first-order chi connectivity index (χ1) is 15.7. The van der Waals surface area contributed by atoms with Crippen molar-refractivity contribution in [2.24, 2.45) is 5.92 Å². The van der Waals surface area contributed by atoms with Crippen molar-refractivity contribution in [1.82, 2.24) is 9.88 Å². The van der Waals surface area contributed by atoms with Crippen LogP contribution in [0.5, 0.6) is 0 Å². The number of hydrogen-bond acceptors (Lipinski definition) is 4. The normalized spacial score (nSPS) is 17.1. The van der Waals surface area contributed by atoms with Crippen molar-refractivity contribution in [3.05, 3.63) is 53.9 Å². The van der Waals surface area contributed by atoms with E-state index in [0.29, 0.717) is 5.56 Å². The minimum atomic E-state index is -4.61. The van der Waals surface area contributed by atoms with E-state index in [0.717, 1.165) is 18.3 Å². The smallest absolute Gasteiger partial charge is 0.312 e. The Morgan fingerprint density at radius 2 is 1.85 bits per heavy atom. The van der Waals surface area contributed by atoms with Crippen LogP contribution >= 0.6 is 11.8 Å². The molecule has 1 aromatic heterocycles. The van der Waals surface area contributed by atoms with E-state index in [1.54, 1.807) is 0 Å². The number of alkyl halides is 6. The van der Waals surface area contributed by atoms with Gasteiger partial charge in [-0.25, -0.2) is 9.78 Å². The second kappa shape index (κ2) is 9.85. The number of rotatable bonds is 7. The molecule has 1 atom stereocenters. The van der Waals surface area contributed by atoms with Crippen molar-refractivity contribution in [3.63, 3.8) is 0 Å². The molecular weight excluding hydrogens is 484 g/mol. The molecule has 1 aromatic carbocycles. The number of Topliss-reactive ketones (excluding diaryl/α,β-unsaturated/α-hetero) is 1. The summed E-state index contributed by atoms with van der Waals surface area (Å²) in [6, 6.07) is 6.54. The summed E-state index contributed by atoms with van der Waals surface area (Å²) in [6.07, 6.45) is -3.81. The van der Waals surface area contributed by atoms with Crippen LogP contribution in [-0.2, 0) is 17.4 Å². The Balaban J connectivity index is 1.72. The summed E-state index contributed by atoms with van der Waals surface area (Å²) in [5.41, 5.74) is -4.97. The summed E-state index contributed by atoms with van der Waals surface area (Å²) >= 11 is -0.279. The van der Waals surface area contributed by atoms with E-state index in [2.05, 4.69) is 4.98 Å². The van der Waals surface area contributed by atoms with Gasteiger partial charge in [-0.05, 0) is 47.5 Å². The summed E-state index contributed by atoms with van der Waals surface area (Å²) < 4.78 is 76.2. The third kappa shape index (κ3) is 6.43. The first-order valence-corrected chi connectivity index (χ1v) is 11.0. The van der Waals surface area contributed by atoms with Gasteiger partial charge in [0.25, 0.3) is 0 Å². The molecule has 0 saturated carbocycles. The summed E-state index contributed by atoms with van der Waals surface area (Å²) in [7, 11) is 0. The Kier molecular flexibility index (Phi) is 7.49. The van der Waals surface area contributed by atoms with E-state index in [4.69, 9.17) is 0 Å². The lowest BCUT2D eigenvalue weighted by atomic mass is 10.0. The van der Waals surface area contributed by atoms with E-state index in [1.165, 1.54) is 34.1 Å². The maximum Gasteiger partial charge on any atom is 0.446 e. The molecule has 2 aromatic rings. The molecule has 2 amide bonds. The average Bonchev–Trinajstić information content (AvgIpc) is 3.03. The predicted octanol–water partition coefficient (Wildman–Crippen LogP) is 5.79. The van der Waals surface area contributed by atoms with E-state index in [-0.39, 0.29) is 59.6 Å². The Bertz CT molecular complexity index is 1040. The monoisotopic (exact) mass is 505 g/mol. The molecule has 0 bridgehead atoms. The standard InChI is InChI=1S/C22H21F6N3O2S/c1-13(2)18-12-30(15-6-7-19(29-10-15)21(23,24)25)20(33)31(18)11-16(32)8-14-4-3-5-17(9-14)34-22(26,27)28/h3-7,9-10,13,18H,8,11-12H2,1-2H3/t18-/m1/s1. The summed E-state index contributed by atoms with van der Waals surface area (Å²) in [5.74, 6) is -0.434. The highest BCUT2D eigenvalue weighted by Gasteiger charge is 2.41. The molecule has 1 fully saturated rings. The molecule has 1 aliphatic heterocycles. The topological polar surface area (TPSA) is 53.5 Å². The lowest BCUT2D eigenvalue weighted by Crippen LogP contribution is -2.41. The number of benzene rings is 1. The molecular formula is C22H21F6N3O2S. The van der Waals surface area contributed by atoms with Gasteiger partial charge in [-0.2, -0.15) is 26.3 Å². The van der Waals surface area contributed by atoms with E-state index in [1.807, 2.05) is 13.8 Å². The van der Waals surface area contributed by atoms with Crippen LogP contribution in [0.25, 0.3) is 0 Å². The molecule has 184 valence electrons. The second-order valence-electron chi connectivity index (χ2n) is 8.14. The molecule has 0 radical (unpaired) electrons. The number of ketones is 1. The Morgan fingerprint density at radius 3 is 2.41 bits per heavy atom. The zero-order valence-corrected chi connectivity index (χ0v) is 19.0. The van der Waals surface area contributed by atoms with E-state index in [9.17, 15) is 35.9 Å². The number of halogens is 6. The first-order valence-electron chi connectivity index (χ1n) is 10.2. The fraction of sp³-hybridized carbons (Fsp3) is 0.409. The number of thioether (sulfide) groups is 1. The average molecular weight is 505 g/mol. The fourth-order valence-electron chi connectivity index (χ4n) is 3.67. The number of carbonyl (C=O) groups is 2. The Labute approximate surface area is 196 Å². The maximum absolute atomic E-state index is 13.0. The van der Waals surface area contributed by atoms with Crippen LogP contribution in [0.4, 0.5) is 36.8 Å². The molecule has 34 heavy (non-hydrogen) atoms. The van der Waals surface area contributed by atoms with E-state index < -0.39 is 23.4 Å². The highest BCUT2D eigenvalue weighted by atomic mass is 32.2. The Morgan fingerprint density at radius 1 is 1.15 bits per heavy atom. The van der Waals surface area contributed by atoms with Gasteiger partial charge in [-0.3, -0.25) is 9.69 Å². The summed E-state index contributed by atoms with van der Waals surface area (Å²) in [6.45, 7) is 3.58. The zero-order valence-electron chi connectivity index (χ0n) is 18.2. The van der Waals surface area contributed by atoms with E-state index >= 15 is 0 Å². The minimum Gasteiger partial charge on any atom is -0.312 e. The van der Waals surface area contributed by atoms with Gasteiger partial charge in [-0.1, -0.05) is 26.0 Å². The molecule has 0 aliphatic carbocycles. The van der Waals surface area contributed by atoms with Gasteiger partial charge in [-0.15, -0.1) is 0 Å². The molecule has 0 unspecified atom stereocenters. The van der Waals surface area contributed by atoms with Gasteiger partial charge in [0.15, 0.2) is 5.78 Å². The van der Waals surface area contributed by atoms with Crippen molar-refractivity contribution in [3.8, 4) is 0 Å². The SMILES string of the molecule is CC(C)[C@H]1CN(c2ccc(C(F)(F)F)nc2)C(=O)N1CC(=O)Cc1cccc(SC(F)(F)F)c1. The maximum atomic E-state index is 13.0. The van der Waals surface area contributed by atoms with Crippen LogP contribution < -0.4 is 4.90 Å². The first kappa shape index (κ1) is 25.9. The number of nitrogens with zero attached hydrogens (tertiary/aromatic N) is 3. The lowest BCUT2D eigenvalue weighted by molar-refractivity contribution is -0.141. The van der Waals surface area contributed by atoms with Crippen LogP contribution in [-0.4, -0.2) is 46.3 Å². The minimum absolute atomic E-state index is 0.0453. The molecule has 5 nitrogen and oxygen atoms in total. The lowest BCUT2D eigenvalue weighted by Gasteiger charge is -2.25. The van der Waals surface area contributed by atoms with Crippen LogP contribution in [0.1, 0.15) is 25.1 Å². The number of hydrogen-bond donors (Lipinski definition) is 0. The van der Waals surface area contributed by atoms with Crippen molar-refractivity contribution in [2.45, 2.75) is 42.9 Å². The number of amides is 2. The zero-order chi connectivity index (χ0) is 25.3.